The van der Waals surface area contributed by atoms with Gasteiger partial charge >= 0.3 is 5.97 Å². The average Bonchev–Trinajstić information content (AvgIpc) is 2.42. The Kier molecular flexibility index (Phi) is 12.5. The molecule has 1 unspecified atom stereocenters. The number of nitrogens with zero attached hydrogens (tertiary/aromatic N) is 1. The van der Waals surface area contributed by atoms with Crippen LogP contribution < -0.4 is 11.5 Å². The predicted molar refractivity (Wildman–Crippen MR) is 87.0 cm³/mol. The Morgan fingerprint density at radius 1 is 1.10 bits per heavy atom. The molecule has 0 aliphatic heterocycles. The van der Waals surface area contributed by atoms with E-state index in [0.717, 1.165) is 12.8 Å². The molecule has 0 rings (SSSR count). The summed E-state index contributed by atoms with van der Waals surface area (Å²) in [6.07, 6.45) is 9.68. The van der Waals surface area contributed by atoms with E-state index in [-0.39, 0.29) is 11.7 Å². The molecule has 4 N–H and O–H groups in total. The van der Waals surface area contributed by atoms with Crippen molar-refractivity contribution in [3.63, 3.8) is 0 Å². The van der Waals surface area contributed by atoms with Crippen LogP contribution >= 0.6 is 12.6 Å². The molecule has 1 atom stereocenters. The minimum absolute atomic E-state index is 0.118. The zero-order chi connectivity index (χ0) is 15.2. The summed E-state index contributed by atoms with van der Waals surface area (Å²) in [7, 11) is 0. The van der Waals surface area contributed by atoms with E-state index >= 15 is 0 Å². The van der Waals surface area contributed by atoms with E-state index in [1.54, 1.807) is 0 Å². The average molecular weight is 303 g/mol. The molecule has 0 saturated heterocycles. The van der Waals surface area contributed by atoms with Crippen molar-refractivity contribution in [2.24, 2.45) is 16.5 Å². The number of hydrogen-bond donors (Lipinski definition) is 3. The first-order valence-electron chi connectivity index (χ1n) is 7.48. The number of carbonyl (C=O) groups is 1. The number of nitrogens with two attached hydrogens (primary N) is 2. The normalized spacial score (nSPS) is 11.9. The molecule has 0 bridgehead atoms. The van der Waals surface area contributed by atoms with Crippen molar-refractivity contribution in [1.29, 1.82) is 0 Å². The number of esters is 1. The fraction of sp³-hybridized carbons (Fsp3) is 0.857. The van der Waals surface area contributed by atoms with Gasteiger partial charge in [0.2, 0.25) is 0 Å². The topological polar surface area (TPSA) is 90.7 Å². The fourth-order valence-electron chi connectivity index (χ4n) is 1.85. The Labute approximate surface area is 127 Å². The molecule has 0 fully saturated rings. The highest BCUT2D eigenvalue weighted by Gasteiger charge is 2.17. The third kappa shape index (κ3) is 11.0. The first-order valence-corrected chi connectivity index (χ1v) is 8.11. The van der Waals surface area contributed by atoms with Crippen LogP contribution in [0, 0.1) is 0 Å². The molecular formula is C14H29N3O2S. The van der Waals surface area contributed by atoms with Crippen LogP contribution in [0.25, 0.3) is 0 Å². The van der Waals surface area contributed by atoms with Crippen LogP contribution in [0.1, 0.15) is 58.3 Å². The van der Waals surface area contributed by atoms with Crippen LogP contribution in [0.4, 0.5) is 0 Å². The molecule has 6 heteroatoms. The molecule has 118 valence electrons. The van der Waals surface area contributed by atoms with E-state index in [0.29, 0.717) is 6.61 Å². The van der Waals surface area contributed by atoms with Crippen molar-refractivity contribution in [3.8, 4) is 0 Å². The van der Waals surface area contributed by atoms with Gasteiger partial charge in [0.05, 0.1) is 6.61 Å². The van der Waals surface area contributed by atoms with Gasteiger partial charge in [0.15, 0.2) is 12.0 Å². The van der Waals surface area contributed by atoms with Gasteiger partial charge in [-0.25, -0.2) is 9.79 Å². The Hall–Kier alpha value is -0.910. The van der Waals surface area contributed by atoms with Gasteiger partial charge in [-0.3, -0.25) is 0 Å². The number of unbranched alkanes of at least 4 members (excludes halogenated alkanes) is 7. The minimum atomic E-state index is -0.697. The number of ether oxygens (including phenoxy) is 1. The van der Waals surface area contributed by atoms with Crippen LogP contribution in [0.15, 0.2) is 4.99 Å². The summed E-state index contributed by atoms with van der Waals surface area (Å²) >= 11 is 4.03. The van der Waals surface area contributed by atoms with Crippen LogP contribution in [-0.2, 0) is 9.53 Å². The quantitative estimate of drug-likeness (QED) is 0.169. The lowest BCUT2D eigenvalue weighted by Gasteiger charge is -2.10. The number of guanidine groups is 1. The van der Waals surface area contributed by atoms with Gasteiger partial charge in [-0.15, -0.1) is 0 Å². The molecule has 0 aromatic rings. The Morgan fingerprint density at radius 3 is 2.15 bits per heavy atom. The van der Waals surface area contributed by atoms with Crippen LogP contribution in [-0.4, -0.2) is 30.3 Å². The van der Waals surface area contributed by atoms with E-state index < -0.39 is 12.0 Å². The monoisotopic (exact) mass is 303 g/mol. The number of carbonyl (C=O) groups excluding carboxylic acids is 1. The highest BCUT2D eigenvalue weighted by molar-refractivity contribution is 7.80. The van der Waals surface area contributed by atoms with Gasteiger partial charge in [-0.05, 0) is 6.42 Å². The molecular weight excluding hydrogens is 274 g/mol. The molecule has 0 aliphatic carbocycles. The summed E-state index contributed by atoms with van der Waals surface area (Å²) in [5, 5.41) is 0. The standard InChI is InChI=1S/C14H29N3O2S/c1-2-3-4-5-6-7-8-9-10-19-13(18)12(11-20)17-14(15)16/h12,20H,2-11H2,1H3,(H4,15,16,17). The minimum Gasteiger partial charge on any atom is -0.464 e. The second kappa shape index (κ2) is 13.1. The molecule has 0 saturated carbocycles. The van der Waals surface area contributed by atoms with Gasteiger partial charge in [0.1, 0.15) is 0 Å². The lowest BCUT2D eigenvalue weighted by molar-refractivity contribution is -0.144. The van der Waals surface area contributed by atoms with Crippen molar-refractivity contribution in [1.82, 2.24) is 0 Å². The molecule has 0 radical (unpaired) electrons. The summed E-state index contributed by atoms with van der Waals surface area (Å²) in [4.78, 5) is 15.4. The third-order valence-corrected chi connectivity index (χ3v) is 3.34. The number of aliphatic imine (C=N–C) groups is 1. The summed E-state index contributed by atoms with van der Waals surface area (Å²) in [5.41, 5.74) is 10.5. The summed E-state index contributed by atoms with van der Waals surface area (Å²) in [5.74, 6) is -0.279. The highest BCUT2D eigenvalue weighted by Crippen LogP contribution is 2.08. The van der Waals surface area contributed by atoms with E-state index in [9.17, 15) is 4.79 Å². The van der Waals surface area contributed by atoms with Crippen molar-refractivity contribution in [2.75, 3.05) is 12.4 Å². The largest absolute Gasteiger partial charge is 0.464 e. The van der Waals surface area contributed by atoms with Crippen LogP contribution in [0.3, 0.4) is 0 Å². The van der Waals surface area contributed by atoms with E-state index in [2.05, 4.69) is 24.5 Å². The zero-order valence-corrected chi connectivity index (χ0v) is 13.4. The van der Waals surface area contributed by atoms with Gasteiger partial charge in [0.25, 0.3) is 0 Å². The third-order valence-electron chi connectivity index (χ3n) is 2.99. The Balaban J connectivity index is 3.54. The molecule has 0 aromatic heterocycles. The first kappa shape index (κ1) is 19.1. The summed E-state index contributed by atoms with van der Waals surface area (Å²) in [6.45, 7) is 2.65. The first-order chi connectivity index (χ1) is 9.61. The van der Waals surface area contributed by atoms with Crippen LogP contribution in [0.5, 0.6) is 0 Å². The Morgan fingerprint density at radius 2 is 1.65 bits per heavy atom. The van der Waals surface area contributed by atoms with E-state index in [1.165, 1.54) is 38.5 Å². The predicted octanol–water partition coefficient (Wildman–Crippen LogP) is 2.24. The molecule has 20 heavy (non-hydrogen) atoms. The molecule has 0 amide bonds. The zero-order valence-electron chi connectivity index (χ0n) is 12.5. The maximum atomic E-state index is 11.6. The molecule has 0 aliphatic rings. The number of hydrogen-bond acceptors (Lipinski definition) is 4. The highest BCUT2D eigenvalue weighted by atomic mass is 32.1. The Bertz CT molecular complexity index is 282. The second-order valence-corrected chi connectivity index (χ2v) is 5.26. The van der Waals surface area contributed by atoms with E-state index in [4.69, 9.17) is 16.2 Å². The SMILES string of the molecule is CCCCCCCCCCOC(=O)C(CS)N=C(N)N. The maximum absolute atomic E-state index is 11.6. The summed E-state index contributed by atoms with van der Waals surface area (Å²) in [6, 6.07) is -0.697. The van der Waals surface area contributed by atoms with Crippen molar-refractivity contribution in [3.05, 3.63) is 0 Å². The number of rotatable bonds is 12. The molecule has 0 heterocycles. The van der Waals surface area contributed by atoms with Gasteiger partial charge < -0.3 is 16.2 Å². The molecule has 5 nitrogen and oxygen atoms in total. The van der Waals surface area contributed by atoms with Crippen LogP contribution in [0.2, 0.25) is 0 Å². The van der Waals surface area contributed by atoms with Gasteiger partial charge in [0, 0.05) is 5.75 Å². The lowest BCUT2D eigenvalue weighted by atomic mass is 10.1. The van der Waals surface area contributed by atoms with Crippen molar-refractivity contribution in [2.45, 2.75) is 64.3 Å². The van der Waals surface area contributed by atoms with Crippen molar-refractivity contribution < 1.29 is 9.53 Å². The van der Waals surface area contributed by atoms with Gasteiger partial charge in [-0.2, -0.15) is 12.6 Å². The van der Waals surface area contributed by atoms with E-state index in [1.807, 2.05) is 0 Å². The second-order valence-electron chi connectivity index (χ2n) is 4.89. The fourth-order valence-corrected chi connectivity index (χ4v) is 2.08. The van der Waals surface area contributed by atoms with Gasteiger partial charge in [-0.1, -0.05) is 51.9 Å². The summed E-state index contributed by atoms with van der Waals surface area (Å²) < 4.78 is 5.14. The smallest absolute Gasteiger partial charge is 0.331 e. The lowest BCUT2D eigenvalue weighted by Crippen LogP contribution is -2.31. The van der Waals surface area contributed by atoms with Crippen molar-refractivity contribution >= 4 is 24.6 Å². The molecule has 0 spiro atoms. The maximum Gasteiger partial charge on any atom is 0.331 e. The molecule has 0 aromatic carbocycles. The number of thiol groups is 1.